The molecular formula is C12H24N6. The van der Waals surface area contributed by atoms with Crippen LogP contribution < -0.4 is 16.4 Å². The lowest BCUT2D eigenvalue weighted by atomic mass is 10.2. The standard InChI is InChI=1S/C12H24N6/c1-10(13)4-5-14-11-8-12(17-9-16-11)15-6-7-18(2)3/h8-10H,4-7,13H2,1-3H3,(H2,14,15,16,17). The molecule has 1 atom stereocenters. The Balaban J connectivity index is 2.36. The molecule has 1 aromatic rings. The number of nitrogens with one attached hydrogen (secondary N) is 2. The van der Waals surface area contributed by atoms with Crippen LogP contribution in [0.4, 0.5) is 11.6 Å². The molecule has 0 fully saturated rings. The van der Waals surface area contributed by atoms with Crippen LogP contribution in [0.5, 0.6) is 0 Å². The van der Waals surface area contributed by atoms with E-state index in [1.165, 1.54) is 0 Å². The van der Waals surface area contributed by atoms with E-state index in [1.54, 1.807) is 6.33 Å². The van der Waals surface area contributed by atoms with Gasteiger partial charge in [-0.1, -0.05) is 0 Å². The third-order valence-corrected chi connectivity index (χ3v) is 2.44. The average molecular weight is 252 g/mol. The zero-order valence-electron chi connectivity index (χ0n) is 11.5. The third kappa shape index (κ3) is 6.36. The molecule has 0 amide bonds. The van der Waals surface area contributed by atoms with E-state index in [9.17, 15) is 0 Å². The minimum atomic E-state index is 0.206. The van der Waals surface area contributed by atoms with Gasteiger partial charge in [-0.3, -0.25) is 0 Å². The first kappa shape index (κ1) is 14.7. The second-order valence-electron chi connectivity index (χ2n) is 4.71. The largest absolute Gasteiger partial charge is 0.370 e. The summed E-state index contributed by atoms with van der Waals surface area (Å²) in [7, 11) is 4.09. The predicted molar refractivity (Wildman–Crippen MR) is 75.8 cm³/mol. The highest BCUT2D eigenvalue weighted by molar-refractivity contribution is 5.46. The second-order valence-corrected chi connectivity index (χ2v) is 4.71. The van der Waals surface area contributed by atoms with Gasteiger partial charge in [-0.25, -0.2) is 9.97 Å². The van der Waals surface area contributed by atoms with E-state index in [4.69, 9.17) is 5.73 Å². The zero-order chi connectivity index (χ0) is 13.4. The molecule has 6 nitrogen and oxygen atoms in total. The lowest BCUT2D eigenvalue weighted by molar-refractivity contribution is 0.425. The van der Waals surface area contributed by atoms with Crippen molar-refractivity contribution in [1.82, 2.24) is 14.9 Å². The van der Waals surface area contributed by atoms with Crippen LogP contribution in [-0.4, -0.2) is 54.6 Å². The maximum absolute atomic E-state index is 5.69. The van der Waals surface area contributed by atoms with Crippen LogP contribution in [0.15, 0.2) is 12.4 Å². The fraction of sp³-hybridized carbons (Fsp3) is 0.667. The molecule has 0 saturated carbocycles. The first-order valence-electron chi connectivity index (χ1n) is 6.28. The van der Waals surface area contributed by atoms with Gasteiger partial charge in [-0.15, -0.1) is 0 Å². The van der Waals surface area contributed by atoms with Gasteiger partial charge in [0.15, 0.2) is 0 Å². The highest BCUT2D eigenvalue weighted by Gasteiger charge is 1.99. The number of hydrogen-bond acceptors (Lipinski definition) is 6. The van der Waals surface area contributed by atoms with Crippen molar-refractivity contribution in [3.8, 4) is 0 Å². The van der Waals surface area contributed by atoms with Crippen LogP contribution >= 0.6 is 0 Å². The number of rotatable bonds is 8. The Bertz CT molecular complexity index is 310. The molecule has 1 rings (SSSR count). The van der Waals surface area contributed by atoms with Gasteiger partial charge < -0.3 is 21.3 Å². The lowest BCUT2D eigenvalue weighted by Gasteiger charge is -2.12. The molecule has 0 aliphatic carbocycles. The highest BCUT2D eigenvalue weighted by atomic mass is 15.1. The van der Waals surface area contributed by atoms with Crippen molar-refractivity contribution >= 4 is 11.6 Å². The van der Waals surface area contributed by atoms with Crippen LogP contribution in [0.3, 0.4) is 0 Å². The summed E-state index contributed by atoms with van der Waals surface area (Å²) in [4.78, 5) is 10.5. The van der Waals surface area contributed by atoms with Crippen molar-refractivity contribution in [1.29, 1.82) is 0 Å². The van der Waals surface area contributed by atoms with E-state index in [-0.39, 0.29) is 6.04 Å². The van der Waals surface area contributed by atoms with E-state index in [1.807, 2.05) is 27.1 Å². The number of anilines is 2. The highest BCUT2D eigenvalue weighted by Crippen LogP contribution is 2.08. The Morgan fingerprint density at radius 3 is 2.39 bits per heavy atom. The van der Waals surface area contributed by atoms with Gasteiger partial charge in [0, 0.05) is 31.7 Å². The van der Waals surface area contributed by atoms with Crippen molar-refractivity contribution < 1.29 is 0 Å². The molecule has 1 unspecified atom stereocenters. The van der Waals surface area contributed by atoms with Crippen molar-refractivity contribution in [3.05, 3.63) is 12.4 Å². The maximum atomic E-state index is 5.69. The van der Waals surface area contributed by atoms with Crippen LogP contribution in [0.25, 0.3) is 0 Å². The number of hydrogen-bond donors (Lipinski definition) is 3. The van der Waals surface area contributed by atoms with Gasteiger partial charge in [0.05, 0.1) is 0 Å². The minimum absolute atomic E-state index is 0.206. The molecule has 18 heavy (non-hydrogen) atoms. The van der Waals surface area contributed by atoms with Crippen LogP contribution in [0.1, 0.15) is 13.3 Å². The molecule has 1 heterocycles. The van der Waals surface area contributed by atoms with Crippen LogP contribution in [-0.2, 0) is 0 Å². The quantitative estimate of drug-likeness (QED) is 0.629. The molecule has 0 spiro atoms. The number of aromatic nitrogens is 2. The summed E-state index contributed by atoms with van der Waals surface area (Å²) in [6.45, 7) is 4.66. The van der Waals surface area contributed by atoms with Gasteiger partial charge in [0.1, 0.15) is 18.0 Å². The number of likely N-dealkylation sites (N-methyl/N-ethyl adjacent to an activating group) is 1. The molecule has 0 aromatic carbocycles. The second kappa shape index (κ2) is 7.84. The van der Waals surface area contributed by atoms with E-state index >= 15 is 0 Å². The molecule has 4 N–H and O–H groups in total. The van der Waals surface area contributed by atoms with E-state index in [0.717, 1.165) is 37.7 Å². The Kier molecular flexibility index (Phi) is 6.38. The Morgan fingerprint density at radius 2 is 1.83 bits per heavy atom. The van der Waals surface area contributed by atoms with Crippen LogP contribution in [0.2, 0.25) is 0 Å². The van der Waals surface area contributed by atoms with Crippen molar-refractivity contribution in [2.75, 3.05) is 44.4 Å². The maximum Gasteiger partial charge on any atom is 0.131 e. The SMILES string of the molecule is CC(N)CCNc1cc(NCCN(C)C)ncn1. The summed E-state index contributed by atoms with van der Waals surface area (Å²) >= 11 is 0. The lowest BCUT2D eigenvalue weighted by Crippen LogP contribution is -2.21. The molecule has 0 aliphatic rings. The summed E-state index contributed by atoms with van der Waals surface area (Å²) in [5.41, 5.74) is 5.69. The van der Waals surface area contributed by atoms with Crippen molar-refractivity contribution in [2.45, 2.75) is 19.4 Å². The minimum Gasteiger partial charge on any atom is -0.370 e. The van der Waals surface area contributed by atoms with Crippen molar-refractivity contribution in [2.24, 2.45) is 5.73 Å². The number of nitrogens with zero attached hydrogens (tertiary/aromatic N) is 3. The van der Waals surface area contributed by atoms with Gasteiger partial charge in [-0.2, -0.15) is 0 Å². The Morgan fingerprint density at radius 1 is 1.22 bits per heavy atom. The monoisotopic (exact) mass is 252 g/mol. The fourth-order valence-electron chi connectivity index (χ4n) is 1.39. The van der Waals surface area contributed by atoms with Crippen molar-refractivity contribution in [3.63, 3.8) is 0 Å². The summed E-state index contributed by atoms with van der Waals surface area (Å²) < 4.78 is 0. The molecule has 0 radical (unpaired) electrons. The summed E-state index contributed by atoms with van der Waals surface area (Å²) in [6, 6.07) is 2.12. The summed E-state index contributed by atoms with van der Waals surface area (Å²) in [6.07, 6.45) is 2.49. The predicted octanol–water partition coefficient (Wildman–Crippen LogP) is 0.599. The molecular weight excluding hydrogens is 228 g/mol. The molecule has 0 saturated heterocycles. The molecule has 0 bridgehead atoms. The molecule has 0 aliphatic heterocycles. The van der Waals surface area contributed by atoms with E-state index in [2.05, 4.69) is 25.5 Å². The van der Waals surface area contributed by atoms with Gasteiger partial charge in [-0.05, 0) is 27.4 Å². The summed E-state index contributed by atoms with van der Waals surface area (Å²) in [5.74, 6) is 1.67. The fourth-order valence-corrected chi connectivity index (χ4v) is 1.39. The van der Waals surface area contributed by atoms with Gasteiger partial charge >= 0.3 is 0 Å². The van der Waals surface area contributed by atoms with Gasteiger partial charge in [0.25, 0.3) is 0 Å². The third-order valence-electron chi connectivity index (χ3n) is 2.44. The van der Waals surface area contributed by atoms with E-state index < -0.39 is 0 Å². The average Bonchev–Trinajstić information content (AvgIpc) is 2.28. The molecule has 102 valence electrons. The first-order chi connectivity index (χ1) is 8.58. The molecule has 6 heteroatoms. The zero-order valence-corrected chi connectivity index (χ0v) is 11.5. The van der Waals surface area contributed by atoms with E-state index in [0.29, 0.717) is 0 Å². The Labute approximate surface area is 109 Å². The smallest absolute Gasteiger partial charge is 0.131 e. The van der Waals surface area contributed by atoms with Gasteiger partial charge in [0.2, 0.25) is 0 Å². The topological polar surface area (TPSA) is 79.1 Å². The normalized spacial score (nSPS) is 12.5. The Hall–Kier alpha value is -1.40. The number of nitrogens with two attached hydrogens (primary N) is 1. The summed E-state index contributed by atoms with van der Waals surface area (Å²) in [5, 5.41) is 6.49. The first-order valence-corrected chi connectivity index (χ1v) is 6.28. The molecule has 1 aromatic heterocycles. The van der Waals surface area contributed by atoms with Crippen LogP contribution in [0, 0.1) is 0 Å².